The van der Waals surface area contributed by atoms with E-state index in [1.54, 1.807) is 0 Å². The Morgan fingerprint density at radius 2 is 1.89 bits per heavy atom. The van der Waals surface area contributed by atoms with Crippen LogP contribution in [0, 0.1) is 4.77 Å². The zero-order valence-electron chi connectivity index (χ0n) is 9.86. The van der Waals surface area contributed by atoms with Crippen molar-refractivity contribution in [1.29, 1.82) is 0 Å². The van der Waals surface area contributed by atoms with Gasteiger partial charge in [-0.1, -0.05) is 39.7 Å². The molecule has 1 aromatic heterocycles. The summed E-state index contributed by atoms with van der Waals surface area (Å²) in [5.74, 6) is 0. The van der Waals surface area contributed by atoms with Gasteiger partial charge < -0.3 is 9.55 Å². The molecule has 0 saturated heterocycles. The van der Waals surface area contributed by atoms with E-state index in [0.717, 1.165) is 31.8 Å². The van der Waals surface area contributed by atoms with Crippen LogP contribution in [0.5, 0.6) is 0 Å². The molecule has 0 unspecified atom stereocenters. The molecule has 0 saturated carbocycles. The Hall–Kier alpha value is -1.10. The normalized spacial score (nSPS) is 11.1. The molecule has 96 valence electrons. The molecule has 0 aliphatic rings. The summed E-state index contributed by atoms with van der Waals surface area (Å²) in [5.41, 5.74) is 3.30. The predicted octanol–water partition coefficient (Wildman–Crippen LogP) is 5.16. The van der Waals surface area contributed by atoms with Crippen LogP contribution in [-0.4, -0.2) is 9.55 Å². The number of nitrogens with zero attached hydrogens (tertiary/aromatic N) is 1. The summed E-state index contributed by atoms with van der Waals surface area (Å²) in [5, 5.41) is 0.744. The number of aromatic amines is 1. The highest BCUT2D eigenvalue weighted by molar-refractivity contribution is 9.10. The molecule has 3 aromatic rings. The molecule has 0 aliphatic heterocycles. The molecule has 0 bridgehead atoms. The lowest BCUT2D eigenvalue weighted by Gasteiger charge is -2.05. The minimum atomic E-state index is 0.725. The molecular formula is C14H10BrClN2S. The fourth-order valence-corrected chi connectivity index (χ4v) is 2.80. The molecule has 19 heavy (non-hydrogen) atoms. The largest absolute Gasteiger partial charge is 0.331 e. The second kappa shape index (κ2) is 5.12. The summed E-state index contributed by atoms with van der Waals surface area (Å²) >= 11 is 14.8. The summed E-state index contributed by atoms with van der Waals surface area (Å²) in [6.45, 7) is 0.729. The van der Waals surface area contributed by atoms with E-state index in [2.05, 4.69) is 31.5 Å². The van der Waals surface area contributed by atoms with Gasteiger partial charge in [0.05, 0.1) is 17.6 Å². The second-order valence-corrected chi connectivity index (χ2v) is 6.04. The fourth-order valence-electron chi connectivity index (χ4n) is 2.06. The molecule has 0 fully saturated rings. The van der Waals surface area contributed by atoms with E-state index in [4.69, 9.17) is 23.8 Å². The van der Waals surface area contributed by atoms with E-state index >= 15 is 0 Å². The first-order chi connectivity index (χ1) is 9.13. The van der Waals surface area contributed by atoms with E-state index in [1.165, 1.54) is 5.56 Å². The van der Waals surface area contributed by atoms with Crippen molar-refractivity contribution in [1.82, 2.24) is 9.55 Å². The van der Waals surface area contributed by atoms with E-state index < -0.39 is 0 Å². The van der Waals surface area contributed by atoms with Gasteiger partial charge in [-0.15, -0.1) is 0 Å². The smallest absolute Gasteiger partial charge is 0.178 e. The monoisotopic (exact) mass is 352 g/mol. The van der Waals surface area contributed by atoms with Crippen LogP contribution in [0.1, 0.15) is 5.56 Å². The van der Waals surface area contributed by atoms with Gasteiger partial charge >= 0.3 is 0 Å². The Balaban J connectivity index is 2.09. The summed E-state index contributed by atoms with van der Waals surface area (Å²) in [6.07, 6.45) is 0. The Labute approximate surface area is 129 Å². The molecule has 5 heteroatoms. The van der Waals surface area contributed by atoms with Crippen molar-refractivity contribution in [3.63, 3.8) is 0 Å². The molecule has 0 radical (unpaired) electrons. The topological polar surface area (TPSA) is 20.7 Å². The molecule has 0 aliphatic carbocycles. The Morgan fingerprint density at radius 3 is 2.63 bits per heavy atom. The van der Waals surface area contributed by atoms with Crippen LogP contribution in [-0.2, 0) is 6.54 Å². The summed E-state index contributed by atoms with van der Waals surface area (Å²) in [7, 11) is 0. The Morgan fingerprint density at radius 1 is 1.16 bits per heavy atom. The average molecular weight is 354 g/mol. The summed E-state index contributed by atoms with van der Waals surface area (Å²) in [6, 6.07) is 13.9. The summed E-state index contributed by atoms with van der Waals surface area (Å²) < 4.78 is 3.85. The molecule has 0 spiro atoms. The molecule has 1 heterocycles. The number of aromatic nitrogens is 2. The third kappa shape index (κ3) is 2.61. The van der Waals surface area contributed by atoms with E-state index in [1.807, 2.05) is 36.4 Å². The number of hydrogen-bond donors (Lipinski definition) is 1. The van der Waals surface area contributed by atoms with E-state index in [-0.39, 0.29) is 0 Å². The van der Waals surface area contributed by atoms with Gasteiger partial charge in [-0.2, -0.15) is 0 Å². The van der Waals surface area contributed by atoms with Crippen molar-refractivity contribution < 1.29 is 0 Å². The SMILES string of the molecule is S=c1[nH]c2ccc(Br)cc2n1Cc1ccc(Cl)cc1. The van der Waals surface area contributed by atoms with Crippen LogP contribution in [0.3, 0.4) is 0 Å². The Bertz CT molecular complexity index is 789. The highest BCUT2D eigenvalue weighted by Crippen LogP contribution is 2.21. The number of halogens is 2. The number of hydrogen-bond acceptors (Lipinski definition) is 1. The molecule has 0 amide bonds. The van der Waals surface area contributed by atoms with Gasteiger partial charge in [-0.3, -0.25) is 0 Å². The number of benzene rings is 2. The van der Waals surface area contributed by atoms with Gasteiger partial charge in [-0.05, 0) is 48.1 Å². The number of nitrogens with one attached hydrogen (secondary N) is 1. The van der Waals surface area contributed by atoms with Crippen LogP contribution < -0.4 is 0 Å². The minimum Gasteiger partial charge on any atom is -0.331 e. The zero-order chi connectivity index (χ0) is 13.4. The quantitative estimate of drug-likeness (QED) is 0.631. The number of fused-ring (bicyclic) bond motifs is 1. The highest BCUT2D eigenvalue weighted by Gasteiger charge is 2.05. The fraction of sp³-hybridized carbons (Fsp3) is 0.0714. The molecular weight excluding hydrogens is 344 g/mol. The molecule has 0 atom stereocenters. The van der Waals surface area contributed by atoms with Crippen molar-refractivity contribution in [2.75, 3.05) is 0 Å². The second-order valence-electron chi connectivity index (χ2n) is 4.30. The maximum absolute atomic E-state index is 5.90. The van der Waals surface area contributed by atoms with Gasteiger partial charge in [0.1, 0.15) is 0 Å². The third-order valence-electron chi connectivity index (χ3n) is 2.99. The number of rotatable bonds is 2. The minimum absolute atomic E-state index is 0.725. The third-order valence-corrected chi connectivity index (χ3v) is 4.06. The summed E-state index contributed by atoms with van der Waals surface area (Å²) in [4.78, 5) is 3.22. The van der Waals surface area contributed by atoms with E-state index in [0.29, 0.717) is 0 Å². The average Bonchev–Trinajstić information content (AvgIpc) is 2.69. The maximum atomic E-state index is 5.90. The first kappa shape index (κ1) is 12.9. The van der Waals surface area contributed by atoms with Crippen molar-refractivity contribution in [3.8, 4) is 0 Å². The van der Waals surface area contributed by atoms with Crippen LogP contribution in [0.2, 0.25) is 5.02 Å². The van der Waals surface area contributed by atoms with Gasteiger partial charge in [0.15, 0.2) is 4.77 Å². The molecule has 3 rings (SSSR count). The van der Waals surface area contributed by atoms with Crippen LogP contribution in [0.4, 0.5) is 0 Å². The molecule has 1 N–H and O–H groups in total. The van der Waals surface area contributed by atoms with Crippen molar-refractivity contribution in [2.45, 2.75) is 6.54 Å². The highest BCUT2D eigenvalue weighted by atomic mass is 79.9. The Kier molecular flexibility index (Phi) is 3.48. The number of H-pyrrole nitrogens is 1. The lowest BCUT2D eigenvalue weighted by molar-refractivity contribution is 0.810. The van der Waals surface area contributed by atoms with Crippen LogP contribution in [0.15, 0.2) is 46.9 Å². The first-order valence-electron chi connectivity index (χ1n) is 5.76. The number of imidazole rings is 1. The molecule has 2 nitrogen and oxygen atoms in total. The van der Waals surface area contributed by atoms with Gasteiger partial charge in [-0.25, -0.2) is 0 Å². The predicted molar refractivity (Wildman–Crippen MR) is 85.4 cm³/mol. The maximum Gasteiger partial charge on any atom is 0.178 e. The zero-order valence-corrected chi connectivity index (χ0v) is 13.0. The lowest BCUT2D eigenvalue weighted by atomic mass is 10.2. The van der Waals surface area contributed by atoms with Crippen molar-refractivity contribution >= 4 is 50.8 Å². The van der Waals surface area contributed by atoms with Gasteiger partial charge in [0.25, 0.3) is 0 Å². The molecule has 2 aromatic carbocycles. The van der Waals surface area contributed by atoms with Gasteiger partial charge in [0.2, 0.25) is 0 Å². The first-order valence-corrected chi connectivity index (χ1v) is 7.34. The standard InChI is InChI=1S/C14H10BrClN2S/c15-10-3-6-12-13(7-10)18(14(19)17-12)8-9-1-4-11(16)5-2-9/h1-7H,8H2,(H,17,19). The van der Waals surface area contributed by atoms with Crippen LogP contribution >= 0.6 is 39.7 Å². The van der Waals surface area contributed by atoms with Crippen molar-refractivity contribution in [3.05, 3.63) is 62.3 Å². The lowest BCUT2D eigenvalue weighted by Crippen LogP contribution is -1.99. The van der Waals surface area contributed by atoms with E-state index in [9.17, 15) is 0 Å². The van der Waals surface area contributed by atoms with Crippen molar-refractivity contribution in [2.24, 2.45) is 0 Å². The van der Waals surface area contributed by atoms with Gasteiger partial charge in [0, 0.05) is 9.50 Å². The van der Waals surface area contributed by atoms with Crippen LogP contribution in [0.25, 0.3) is 11.0 Å².